The molecule has 0 heterocycles. The van der Waals surface area contributed by atoms with Gasteiger partial charge in [-0.05, 0) is 37.8 Å². The number of carbonyl (C=O) groups excluding carboxylic acids is 1. The van der Waals surface area contributed by atoms with E-state index < -0.39 is 0 Å². The molecule has 0 aliphatic heterocycles. The number of hydrogen-bond acceptors (Lipinski definition) is 3. The molecule has 0 saturated heterocycles. The number of likely N-dealkylation sites (N-methyl/N-ethyl adjacent to an activating group) is 1. The number of carbonyl (C=O) groups is 1. The zero-order valence-electron chi connectivity index (χ0n) is 15.8. The summed E-state index contributed by atoms with van der Waals surface area (Å²) in [5.74, 6) is 0.810. The number of amides is 1. The van der Waals surface area contributed by atoms with E-state index in [0.717, 1.165) is 12.5 Å². The lowest BCUT2D eigenvalue weighted by atomic mass is 10.2. The molecule has 2 aliphatic carbocycles. The van der Waals surface area contributed by atoms with E-state index in [-0.39, 0.29) is 17.2 Å². The molecule has 1 aromatic rings. The van der Waals surface area contributed by atoms with E-state index in [1.54, 1.807) is 19.0 Å². The summed E-state index contributed by atoms with van der Waals surface area (Å²) in [6.07, 6.45) is 7.35. The zero-order valence-corrected chi connectivity index (χ0v) is 16.6. The monoisotopic (exact) mass is 374 g/mol. The van der Waals surface area contributed by atoms with Crippen LogP contribution in [0.15, 0.2) is 40.2 Å². The second-order valence-corrected chi connectivity index (χ2v) is 9.07. The minimum Gasteiger partial charge on any atom is -0.355 e. The molecule has 26 heavy (non-hydrogen) atoms. The van der Waals surface area contributed by atoms with Gasteiger partial charge < -0.3 is 15.5 Å². The van der Waals surface area contributed by atoms with Crippen molar-refractivity contribution in [1.82, 2.24) is 15.5 Å². The molecule has 0 atom stereocenters. The maximum Gasteiger partial charge on any atom is 0.243 e. The Morgan fingerprint density at radius 3 is 2.54 bits per heavy atom. The number of aliphatic imine (C=N–C) groups is 1. The Bertz CT molecular complexity index is 622. The highest BCUT2D eigenvalue weighted by Gasteiger charge is 2.43. The van der Waals surface area contributed by atoms with Gasteiger partial charge in [-0.1, -0.05) is 31.0 Å². The molecule has 0 aromatic heterocycles. The summed E-state index contributed by atoms with van der Waals surface area (Å²) in [6, 6.07) is 11.1. The Kier molecular flexibility index (Phi) is 6.46. The van der Waals surface area contributed by atoms with Crippen molar-refractivity contribution in [1.29, 1.82) is 0 Å². The first-order chi connectivity index (χ1) is 12.6. The van der Waals surface area contributed by atoms with Crippen LogP contribution in [0.5, 0.6) is 0 Å². The molecule has 142 valence electrons. The number of nitrogens with zero attached hydrogens (tertiary/aromatic N) is 2. The van der Waals surface area contributed by atoms with E-state index in [0.29, 0.717) is 6.04 Å². The van der Waals surface area contributed by atoms with Crippen LogP contribution in [0.1, 0.15) is 38.5 Å². The quantitative estimate of drug-likeness (QED) is 0.569. The summed E-state index contributed by atoms with van der Waals surface area (Å²) in [5, 5.41) is 7.04. The van der Waals surface area contributed by atoms with Gasteiger partial charge in [0.2, 0.25) is 5.91 Å². The smallest absolute Gasteiger partial charge is 0.243 e. The van der Waals surface area contributed by atoms with Crippen LogP contribution in [0.25, 0.3) is 0 Å². The predicted molar refractivity (Wildman–Crippen MR) is 109 cm³/mol. The van der Waals surface area contributed by atoms with Crippen LogP contribution < -0.4 is 10.6 Å². The lowest BCUT2D eigenvalue weighted by molar-refractivity contribution is -0.127. The third-order valence-electron chi connectivity index (χ3n) is 5.03. The number of rotatable bonds is 7. The maximum atomic E-state index is 11.9. The molecule has 3 rings (SSSR count). The van der Waals surface area contributed by atoms with Crippen LogP contribution in [-0.2, 0) is 4.79 Å². The molecule has 2 saturated carbocycles. The van der Waals surface area contributed by atoms with Crippen LogP contribution >= 0.6 is 11.8 Å². The first-order valence-electron chi connectivity index (χ1n) is 9.55. The number of benzene rings is 1. The average molecular weight is 375 g/mol. The number of guanidine groups is 1. The van der Waals surface area contributed by atoms with E-state index in [4.69, 9.17) is 0 Å². The summed E-state index contributed by atoms with van der Waals surface area (Å²) in [7, 11) is 3.54. The Hall–Kier alpha value is -1.69. The van der Waals surface area contributed by atoms with E-state index in [9.17, 15) is 4.79 Å². The average Bonchev–Trinajstić information content (AvgIpc) is 3.20. The molecule has 2 aliphatic rings. The van der Waals surface area contributed by atoms with Crippen molar-refractivity contribution >= 4 is 23.6 Å². The predicted octanol–water partition coefficient (Wildman–Crippen LogP) is 2.88. The third kappa shape index (κ3) is 5.66. The van der Waals surface area contributed by atoms with E-state index in [2.05, 4.69) is 46.0 Å². The van der Waals surface area contributed by atoms with Gasteiger partial charge in [-0.25, -0.2) is 4.99 Å². The summed E-state index contributed by atoms with van der Waals surface area (Å²) < 4.78 is 0.255. The standard InChI is InChI=1S/C20H30N4OS/c1-24(2)18(25)14-21-19(23-16-8-6-7-9-16)22-15-20(12-13-20)26-17-10-4-3-5-11-17/h3-5,10-11,16H,6-9,12-15H2,1-2H3,(H2,21,22,23). The molecule has 0 spiro atoms. The summed E-state index contributed by atoms with van der Waals surface area (Å²) >= 11 is 1.95. The number of thioether (sulfide) groups is 1. The molecule has 6 heteroatoms. The molecule has 1 amide bonds. The highest BCUT2D eigenvalue weighted by molar-refractivity contribution is 8.01. The molecular weight excluding hydrogens is 344 g/mol. The SMILES string of the molecule is CN(C)C(=O)CN=C(NCC1(Sc2ccccc2)CC1)NC1CCCC1. The van der Waals surface area contributed by atoms with Crippen LogP contribution in [0.4, 0.5) is 0 Å². The first kappa shape index (κ1) is 19.1. The molecule has 5 nitrogen and oxygen atoms in total. The molecule has 1 aromatic carbocycles. The Morgan fingerprint density at radius 1 is 1.23 bits per heavy atom. The normalized spacial score (nSPS) is 19.2. The minimum atomic E-state index is 0.0253. The topological polar surface area (TPSA) is 56.7 Å². The molecule has 0 bridgehead atoms. The van der Waals surface area contributed by atoms with Gasteiger partial charge in [-0.3, -0.25) is 4.79 Å². The van der Waals surface area contributed by atoms with E-state index in [1.165, 1.54) is 43.4 Å². The van der Waals surface area contributed by atoms with Gasteiger partial charge in [0, 0.05) is 36.3 Å². The molecule has 0 radical (unpaired) electrons. The van der Waals surface area contributed by atoms with Crippen molar-refractivity contribution in [2.45, 2.75) is 54.2 Å². The minimum absolute atomic E-state index is 0.0253. The van der Waals surface area contributed by atoms with Crippen LogP contribution in [-0.4, -0.2) is 54.7 Å². The Balaban J connectivity index is 1.57. The lowest BCUT2D eigenvalue weighted by Crippen LogP contribution is -2.45. The van der Waals surface area contributed by atoms with Crippen molar-refractivity contribution in [2.24, 2.45) is 4.99 Å². The van der Waals surface area contributed by atoms with Gasteiger partial charge in [0.15, 0.2) is 5.96 Å². The highest BCUT2D eigenvalue weighted by Crippen LogP contribution is 2.51. The van der Waals surface area contributed by atoms with E-state index in [1.807, 2.05) is 11.8 Å². The van der Waals surface area contributed by atoms with Gasteiger partial charge in [0.25, 0.3) is 0 Å². The molecule has 0 unspecified atom stereocenters. The van der Waals surface area contributed by atoms with Gasteiger partial charge >= 0.3 is 0 Å². The first-order valence-corrected chi connectivity index (χ1v) is 10.4. The fourth-order valence-corrected chi connectivity index (χ4v) is 4.39. The summed E-state index contributed by atoms with van der Waals surface area (Å²) in [5.41, 5.74) is 0. The Morgan fingerprint density at radius 2 is 1.92 bits per heavy atom. The highest BCUT2D eigenvalue weighted by atomic mass is 32.2. The number of hydrogen-bond donors (Lipinski definition) is 2. The fourth-order valence-electron chi connectivity index (χ4n) is 3.14. The van der Waals surface area contributed by atoms with Crippen molar-refractivity contribution in [2.75, 3.05) is 27.2 Å². The largest absolute Gasteiger partial charge is 0.355 e. The number of nitrogens with one attached hydrogen (secondary N) is 2. The summed E-state index contributed by atoms with van der Waals surface area (Å²) in [4.78, 5) is 19.3. The van der Waals surface area contributed by atoms with Crippen LogP contribution in [0, 0.1) is 0 Å². The zero-order chi connectivity index (χ0) is 18.4. The van der Waals surface area contributed by atoms with Crippen molar-refractivity contribution in [3.05, 3.63) is 30.3 Å². The van der Waals surface area contributed by atoms with Crippen LogP contribution in [0.3, 0.4) is 0 Å². The molecular formula is C20H30N4OS. The van der Waals surface area contributed by atoms with Crippen LogP contribution in [0.2, 0.25) is 0 Å². The molecule has 2 fully saturated rings. The van der Waals surface area contributed by atoms with Crippen molar-refractivity contribution < 1.29 is 4.79 Å². The second-order valence-electron chi connectivity index (χ2n) is 7.53. The lowest BCUT2D eigenvalue weighted by Gasteiger charge is -2.21. The van der Waals surface area contributed by atoms with Gasteiger partial charge in [-0.2, -0.15) is 0 Å². The van der Waals surface area contributed by atoms with E-state index >= 15 is 0 Å². The van der Waals surface area contributed by atoms with Gasteiger partial charge in [0.1, 0.15) is 6.54 Å². The Labute approximate surface area is 161 Å². The van der Waals surface area contributed by atoms with Gasteiger partial charge in [0.05, 0.1) is 0 Å². The van der Waals surface area contributed by atoms with Crippen molar-refractivity contribution in [3.8, 4) is 0 Å². The second kappa shape index (κ2) is 8.80. The fraction of sp³-hybridized carbons (Fsp3) is 0.600. The molecule has 2 N–H and O–H groups in total. The summed E-state index contributed by atoms with van der Waals surface area (Å²) in [6.45, 7) is 1.06. The van der Waals surface area contributed by atoms with Gasteiger partial charge in [-0.15, -0.1) is 11.8 Å². The maximum absolute atomic E-state index is 11.9. The third-order valence-corrected chi connectivity index (χ3v) is 6.52. The van der Waals surface area contributed by atoms with Crippen molar-refractivity contribution in [3.63, 3.8) is 0 Å².